The first-order chi connectivity index (χ1) is 7.95. The fourth-order valence-electron chi connectivity index (χ4n) is 1.21. The van der Waals surface area contributed by atoms with Crippen molar-refractivity contribution in [1.82, 2.24) is 9.29 Å². The average molecular weight is 260 g/mol. The van der Waals surface area contributed by atoms with E-state index in [4.69, 9.17) is 10.9 Å². The van der Waals surface area contributed by atoms with Crippen LogP contribution in [0.4, 0.5) is 5.82 Å². The minimum Gasteiger partial charge on any atom is -0.395 e. The second-order valence-electron chi connectivity index (χ2n) is 3.55. The predicted molar refractivity (Wildman–Crippen MR) is 63.5 cm³/mol. The van der Waals surface area contributed by atoms with Crippen LogP contribution in [-0.2, 0) is 10.0 Å². The smallest absolute Gasteiger partial charge is 0.246 e. The number of nitrogens with zero attached hydrogens (tertiary/aromatic N) is 2. The molecule has 0 saturated heterocycles. The van der Waals surface area contributed by atoms with Crippen LogP contribution in [0.3, 0.4) is 0 Å². The van der Waals surface area contributed by atoms with E-state index in [1.54, 1.807) is 6.92 Å². The number of likely N-dealkylation sites (N-methyl/N-ethyl adjacent to an activating group) is 1. The summed E-state index contributed by atoms with van der Waals surface area (Å²) in [7, 11) is -2.33. The maximum atomic E-state index is 12.2. The molecule has 0 fully saturated rings. The summed E-state index contributed by atoms with van der Waals surface area (Å²) in [5.41, 5.74) is 2.23. The van der Waals surface area contributed by atoms with Crippen LogP contribution in [0.15, 0.2) is 23.2 Å². The van der Waals surface area contributed by atoms with E-state index in [0.29, 0.717) is 0 Å². The van der Waals surface area contributed by atoms with Crippen molar-refractivity contribution in [2.24, 2.45) is 5.84 Å². The molecule has 8 heteroatoms. The number of aliphatic hydroxyl groups excluding tert-OH is 1. The molecule has 7 nitrogen and oxygen atoms in total. The zero-order valence-corrected chi connectivity index (χ0v) is 10.5. The Morgan fingerprint density at radius 1 is 1.65 bits per heavy atom. The molecule has 0 saturated carbocycles. The van der Waals surface area contributed by atoms with Crippen molar-refractivity contribution >= 4 is 15.8 Å². The van der Waals surface area contributed by atoms with Crippen LogP contribution in [-0.4, -0.2) is 42.5 Å². The van der Waals surface area contributed by atoms with Crippen molar-refractivity contribution in [2.75, 3.05) is 19.1 Å². The van der Waals surface area contributed by atoms with Crippen LogP contribution in [0.25, 0.3) is 0 Å². The highest BCUT2D eigenvalue weighted by molar-refractivity contribution is 7.89. The first-order valence-electron chi connectivity index (χ1n) is 4.95. The lowest BCUT2D eigenvalue weighted by molar-refractivity contribution is 0.214. The van der Waals surface area contributed by atoms with E-state index in [2.05, 4.69) is 10.4 Å². The van der Waals surface area contributed by atoms with Crippen LogP contribution in [0.5, 0.6) is 0 Å². The number of pyridine rings is 1. The number of nitrogen functional groups attached to an aromatic ring is 1. The predicted octanol–water partition coefficient (Wildman–Crippen LogP) is -0.631. The molecule has 0 aliphatic carbocycles. The fourth-order valence-corrected chi connectivity index (χ4v) is 2.67. The number of anilines is 1. The lowest BCUT2D eigenvalue weighted by atomic mass is 10.4. The summed E-state index contributed by atoms with van der Waals surface area (Å²) in [4.78, 5) is 3.80. The Labute approximate surface area is 100 Å². The zero-order valence-electron chi connectivity index (χ0n) is 9.66. The van der Waals surface area contributed by atoms with E-state index < -0.39 is 16.1 Å². The molecule has 1 heterocycles. The summed E-state index contributed by atoms with van der Waals surface area (Å²) < 4.78 is 25.5. The average Bonchev–Trinajstić information content (AvgIpc) is 2.36. The normalized spacial score (nSPS) is 13.7. The number of hydrogen-bond donors (Lipinski definition) is 3. The van der Waals surface area contributed by atoms with Gasteiger partial charge in [0.25, 0.3) is 0 Å². The Hall–Kier alpha value is -1.22. The molecular weight excluding hydrogens is 244 g/mol. The molecule has 0 aromatic carbocycles. The summed E-state index contributed by atoms with van der Waals surface area (Å²) in [6.07, 6.45) is 1.43. The van der Waals surface area contributed by atoms with Crippen molar-refractivity contribution in [2.45, 2.75) is 17.9 Å². The van der Waals surface area contributed by atoms with E-state index in [1.165, 1.54) is 25.4 Å². The highest BCUT2D eigenvalue weighted by Crippen LogP contribution is 2.21. The van der Waals surface area contributed by atoms with Gasteiger partial charge in [-0.3, -0.25) is 0 Å². The first-order valence-corrected chi connectivity index (χ1v) is 6.39. The number of hydrogen-bond acceptors (Lipinski definition) is 6. The van der Waals surface area contributed by atoms with Gasteiger partial charge in [-0.05, 0) is 19.1 Å². The number of aromatic nitrogens is 1. The monoisotopic (exact) mass is 260 g/mol. The molecule has 0 aliphatic rings. The minimum absolute atomic E-state index is 0.0229. The number of hydrazine groups is 1. The van der Waals surface area contributed by atoms with E-state index >= 15 is 0 Å². The van der Waals surface area contributed by atoms with E-state index in [1.807, 2.05) is 0 Å². The highest BCUT2D eigenvalue weighted by atomic mass is 32.2. The molecule has 17 heavy (non-hydrogen) atoms. The number of nitrogens with two attached hydrogens (primary N) is 1. The van der Waals surface area contributed by atoms with Crippen molar-refractivity contribution in [3.63, 3.8) is 0 Å². The molecule has 1 aromatic rings. The molecule has 0 spiro atoms. The highest BCUT2D eigenvalue weighted by Gasteiger charge is 2.27. The Morgan fingerprint density at radius 3 is 2.82 bits per heavy atom. The maximum absolute atomic E-state index is 12.2. The van der Waals surface area contributed by atoms with Crippen molar-refractivity contribution in [3.8, 4) is 0 Å². The number of aliphatic hydroxyl groups is 1. The van der Waals surface area contributed by atoms with E-state index in [-0.39, 0.29) is 17.3 Å². The lowest BCUT2D eigenvalue weighted by Gasteiger charge is -2.23. The third-order valence-corrected chi connectivity index (χ3v) is 4.45. The second-order valence-corrected chi connectivity index (χ2v) is 5.51. The van der Waals surface area contributed by atoms with Crippen molar-refractivity contribution < 1.29 is 13.5 Å². The third-order valence-electron chi connectivity index (χ3n) is 2.45. The van der Waals surface area contributed by atoms with Gasteiger partial charge in [-0.2, -0.15) is 4.31 Å². The lowest BCUT2D eigenvalue weighted by Crippen LogP contribution is -2.37. The van der Waals surface area contributed by atoms with Gasteiger partial charge in [-0.25, -0.2) is 19.2 Å². The van der Waals surface area contributed by atoms with Crippen molar-refractivity contribution in [3.05, 3.63) is 18.3 Å². The van der Waals surface area contributed by atoms with Gasteiger partial charge in [-0.15, -0.1) is 0 Å². The van der Waals surface area contributed by atoms with E-state index in [9.17, 15) is 8.42 Å². The molecule has 1 rings (SSSR count). The van der Waals surface area contributed by atoms with Crippen LogP contribution in [0.1, 0.15) is 6.92 Å². The van der Waals surface area contributed by atoms with Gasteiger partial charge < -0.3 is 10.5 Å². The van der Waals surface area contributed by atoms with Crippen molar-refractivity contribution in [1.29, 1.82) is 0 Å². The Balaban J connectivity index is 3.22. The quantitative estimate of drug-likeness (QED) is 0.480. The van der Waals surface area contributed by atoms with E-state index in [0.717, 1.165) is 4.31 Å². The van der Waals surface area contributed by atoms with Gasteiger partial charge in [0.1, 0.15) is 4.90 Å². The second kappa shape index (κ2) is 5.41. The molecule has 0 amide bonds. The molecule has 1 atom stereocenters. The number of rotatable bonds is 5. The molecule has 0 radical (unpaired) electrons. The van der Waals surface area contributed by atoms with Crippen LogP contribution in [0.2, 0.25) is 0 Å². The number of sulfonamides is 1. The van der Waals surface area contributed by atoms with Gasteiger partial charge in [0.05, 0.1) is 6.61 Å². The minimum atomic E-state index is -3.72. The topological polar surface area (TPSA) is 109 Å². The SMILES string of the molecule is CC(CO)N(C)S(=O)(=O)c1cccnc1NN. The molecule has 4 N–H and O–H groups in total. The van der Waals surface area contributed by atoms with Crippen LogP contribution >= 0.6 is 0 Å². The van der Waals surface area contributed by atoms with Gasteiger partial charge in [0.15, 0.2) is 5.82 Å². The summed E-state index contributed by atoms with van der Waals surface area (Å²) >= 11 is 0. The fraction of sp³-hybridized carbons (Fsp3) is 0.444. The first kappa shape index (κ1) is 13.8. The molecule has 0 aliphatic heterocycles. The molecule has 0 bridgehead atoms. The molecule has 96 valence electrons. The summed E-state index contributed by atoms with van der Waals surface area (Å²) in [5.74, 6) is 5.28. The summed E-state index contributed by atoms with van der Waals surface area (Å²) in [5, 5.41) is 8.98. The summed E-state index contributed by atoms with van der Waals surface area (Å²) in [6, 6.07) is 2.38. The Bertz CT molecular complexity index is 477. The Kier molecular flexibility index (Phi) is 4.40. The Morgan fingerprint density at radius 2 is 2.29 bits per heavy atom. The standard InChI is InChI=1S/C9H16N4O3S/c1-7(6-14)13(2)17(15,16)8-4-3-5-11-9(8)12-10/h3-5,7,14H,6,10H2,1-2H3,(H,11,12). The van der Waals surface area contributed by atoms with Gasteiger partial charge in [0, 0.05) is 19.3 Å². The molecular formula is C9H16N4O3S. The zero-order chi connectivity index (χ0) is 13.1. The van der Waals surface area contributed by atoms with Crippen LogP contribution < -0.4 is 11.3 Å². The maximum Gasteiger partial charge on any atom is 0.246 e. The van der Waals surface area contributed by atoms with Gasteiger partial charge >= 0.3 is 0 Å². The van der Waals surface area contributed by atoms with Gasteiger partial charge in [0.2, 0.25) is 10.0 Å². The molecule has 1 aromatic heterocycles. The van der Waals surface area contributed by atoms with Crippen LogP contribution in [0, 0.1) is 0 Å². The third kappa shape index (κ3) is 2.72. The summed E-state index contributed by atoms with van der Waals surface area (Å²) in [6.45, 7) is 1.34. The largest absolute Gasteiger partial charge is 0.395 e. The number of nitrogens with one attached hydrogen (secondary N) is 1. The van der Waals surface area contributed by atoms with Gasteiger partial charge in [-0.1, -0.05) is 0 Å². The molecule has 1 unspecified atom stereocenters.